The lowest BCUT2D eigenvalue weighted by atomic mass is 9.72. The van der Waals surface area contributed by atoms with Crippen molar-refractivity contribution < 1.29 is 43.6 Å². The van der Waals surface area contributed by atoms with E-state index in [2.05, 4.69) is 5.32 Å². The number of carbonyl (C=O) groups is 1. The molecule has 2 aliphatic carbocycles. The molecule has 2 aromatic rings. The molecule has 2 unspecified atom stereocenters. The van der Waals surface area contributed by atoms with E-state index in [4.69, 9.17) is 0 Å². The molecule has 1 saturated carbocycles. The zero-order valence-electron chi connectivity index (χ0n) is 23.6. The topological polar surface area (TPSA) is 101 Å². The number of nitrogens with one attached hydrogen (secondary N) is 1. The zero-order chi connectivity index (χ0) is 31.6. The van der Waals surface area contributed by atoms with Crippen LogP contribution in [0.15, 0.2) is 47.4 Å². The highest BCUT2D eigenvalue weighted by molar-refractivity contribution is 7.92. The van der Waals surface area contributed by atoms with E-state index in [-0.39, 0.29) is 66.6 Å². The molecule has 2 aromatic carbocycles. The lowest BCUT2D eigenvalue weighted by Crippen LogP contribution is -2.47. The Labute approximate surface area is 247 Å². The Morgan fingerprint density at radius 2 is 1.70 bits per heavy atom. The van der Waals surface area contributed by atoms with Crippen LogP contribution in [0.5, 0.6) is 0 Å². The van der Waals surface area contributed by atoms with E-state index in [1.54, 1.807) is 0 Å². The van der Waals surface area contributed by atoms with E-state index in [1.807, 2.05) is 0 Å². The number of halogens is 5. The third kappa shape index (κ3) is 5.37. The number of hydrogen-bond acceptors (Lipinski definition) is 5. The number of benzene rings is 2. The van der Waals surface area contributed by atoms with Crippen LogP contribution in [-0.4, -0.2) is 59.1 Å². The lowest BCUT2D eigenvalue weighted by Gasteiger charge is -2.42. The smallest absolute Gasteiger partial charge is 0.356 e. The first-order valence-corrected chi connectivity index (χ1v) is 17.4. The summed E-state index contributed by atoms with van der Waals surface area (Å²) >= 11 is 0. The number of alkyl halides is 4. The fraction of sp³-hybridized carbons (Fsp3) is 0.552. The van der Waals surface area contributed by atoms with Crippen molar-refractivity contribution in [2.24, 2.45) is 17.8 Å². The zero-order valence-corrected chi connectivity index (χ0v) is 25.3. The van der Waals surface area contributed by atoms with E-state index >= 15 is 0 Å². The van der Waals surface area contributed by atoms with Crippen molar-refractivity contribution in [1.29, 1.82) is 0 Å². The van der Waals surface area contributed by atoms with Gasteiger partial charge in [-0.1, -0.05) is 18.2 Å². The Morgan fingerprint density at radius 1 is 1.02 bits per heavy atom. The quantitative estimate of drug-likeness (QED) is 0.349. The third-order valence-electron chi connectivity index (χ3n) is 9.49. The van der Waals surface area contributed by atoms with Gasteiger partial charge in [0.1, 0.15) is 10.6 Å². The summed E-state index contributed by atoms with van der Waals surface area (Å²) in [5, 5.41) is 2.88. The fourth-order valence-corrected chi connectivity index (χ4v) is 10.5. The van der Waals surface area contributed by atoms with Crippen molar-refractivity contribution in [3.8, 4) is 0 Å². The summed E-state index contributed by atoms with van der Waals surface area (Å²) in [5.41, 5.74) is -3.81. The average Bonchev–Trinajstić information content (AvgIpc) is 3.57. The third-order valence-corrected chi connectivity index (χ3v) is 13.3. The van der Waals surface area contributed by atoms with Crippen molar-refractivity contribution in [1.82, 2.24) is 9.62 Å². The van der Waals surface area contributed by atoms with E-state index < -0.39 is 59.7 Å². The predicted molar refractivity (Wildman–Crippen MR) is 148 cm³/mol. The molecular weight excluding hydrogens is 615 g/mol. The summed E-state index contributed by atoms with van der Waals surface area (Å²) in [6.45, 7) is 1.23. The highest BCUT2D eigenvalue weighted by atomic mass is 32.2. The van der Waals surface area contributed by atoms with Gasteiger partial charge in [-0.25, -0.2) is 29.9 Å². The summed E-state index contributed by atoms with van der Waals surface area (Å²) in [4.78, 5) is 13.3. The summed E-state index contributed by atoms with van der Waals surface area (Å²) in [7, 11) is -7.69. The first-order valence-electron chi connectivity index (χ1n) is 14.0. The molecule has 236 valence electrons. The summed E-state index contributed by atoms with van der Waals surface area (Å²) in [6, 6.07) is 7.53. The van der Waals surface area contributed by atoms with E-state index in [9.17, 15) is 43.6 Å². The van der Waals surface area contributed by atoms with Crippen molar-refractivity contribution >= 4 is 25.8 Å². The number of nitrogens with zero attached hydrogens (tertiary/aromatic N) is 1. The van der Waals surface area contributed by atoms with Gasteiger partial charge < -0.3 is 5.32 Å². The first-order chi connectivity index (χ1) is 19.9. The van der Waals surface area contributed by atoms with Gasteiger partial charge in [0.2, 0.25) is 21.6 Å². The minimum Gasteiger partial charge on any atom is -0.356 e. The van der Waals surface area contributed by atoms with Gasteiger partial charge >= 0.3 is 6.18 Å². The molecule has 2 fully saturated rings. The molecule has 1 amide bonds. The number of sulfone groups is 1. The van der Waals surface area contributed by atoms with Crippen LogP contribution in [0, 0.1) is 23.6 Å². The number of sulfonamides is 1. The number of fused-ring (bicyclic) bond motifs is 3. The minimum atomic E-state index is -5.19. The molecule has 0 spiro atoms. The van der Waals surface area contributed by atoms with Gasteiger partial charge in [-0.2, -0.15) is 13.2 Å². The molecule has 1 N–H and O–H groups in total. The normalized spacial score (nSPS) is 27.7. The highest BCUT2D eigenvalue weighted by Gasteiger charge is 2.62. The molecule has 0 aromatic heterocycles. The van der Waals surface area contributed by atoms with Crippen LogP contribution in [0.2, 0.25) is 0 Å². The molecule has 14 heteroatoms. The van der Waals surface area contributed by atoms with Gasteiger partial charge in [0, 0.05) is 25.6 Å². The number of amides is 1. The van der Waals surface area contributed by atoms with Gasteiger partial charge in [0.25, 0.3) is 0 Å². The maximum absolute atomic E-state index is 14.9. The Kier molecular flexibility index (Phi) is 7.99. The number of hydrogen-bond donors (Lipinski definition) is 1. The Bertz CT molecular complexity index is 1630. The molecule has 0 radical (unpaired) electrons. The maximum Gasteiger partial charge on any atom is 0.426 e. The highest BCUT2D eigenvalue weighted by Crippen LogP contribution is 2.59. The Balaban J connectivity index is 1.50. The SMILES string of the molecule is CC(F)(c1ccc2c(c1)CC[C@H]1[C@H](C(=O)NCC3CCN(S(C)(=O)=O)C3)CC[C@@]21S(=O)(=O)c1ccc(F)cc1)C(F)(F)F. The molecule has 1 saturated heterocycles. The number of rotatable bonds is 7. The van der Waals surface area contributed by atoms with Crippen LogP contribution < -0.4 is 5.32 Å². The van der Waals surface area contributed by atoms with Crippen LogP contribution in [0.3, 0.4) is 0 Å². The molecular formula is C29H33F5N2O5S2. The van der Waals surface area contributed by atoms with Gasteiger partial charge in [-0.05, 0) is 91.8 Å². The molecule has 3 aliphatic rings. The van der Waals surface area contributed by atoms with Crippen molar-refractivity contribution in [3.63, 3.8) is 0 Å². The second kappa shape index (κ2) is 10.8. The van der Waals surface area contributed by atoms with E-state index in [0.717, 1.165) is 42.7 Å². The van der Waals surface area contributed by atoms with E-state index in [0.29, 0.717) is 19.9 Å². The molecule has 1 aliphatic heterocycles. The molecule has 1 heterocycles. The number of aryl methyl sites for hydroxylation is 1. The Morgan fingerprint density at radius 3 is 2.30 bits per heavy atom. The monoisotopic (exact) mass is 648 g/mol. The lowest BCUT2D eigenvalue weighted by molar-refractivity contribution is -0.228. The summed E-state index contributed by atoms with van der Waals surface area (Å²) in [6.07, 6.45) is -3.07. The maximum atomic E-state index is 14.9. The van der Waals surface area contributed by atoms with Crippen molar-refractivity contribution in [3.05, 3.63) is 65.0 Å². The molecule has 5 atom stereocenters. The van der Waals surface area contributed by atoms with Crippen molar-refractivity contribution in [2.75, 3.05) is 25.9 Å². The molecule has 43 heavy (non-hydrogen) atoms. The Hall–Kier alpha value is -2.58. The summed E-state index contributed by atoms with van der Waals surface area (Å²) < 4.78 is 121. The molecule has 5 rings (SSSR count). The summed E-state index contributed by atoms with van der Waals surface area (Å²) in [5.74, 6) is -2.65. The van der Waals surface area contributed by atoms with Crippen LogP contribution in [0.25, 0.3) is 0 Å². The molecule has 7 nitrogen and oxygen atoms in total. The van der Waals surface area contributed by atoms with Gasteiger partial charge in [-0.3, -0.25) is 4.79 Å². The van der Waals surface area contributed by atoms with Gasteiger partial charge in [0.05, 0.1) is 11.2 Å². The van der Waals surface area contributed by atoms with Crippen LogP contribution >= 0.6 is 0 Å². The van der Waals surface area contributed by atoms with E-state index in [1.165, 1.54) is 10.4 Å². The first kappa shape index (κ1) is 31.8. The largest absolute Gasteiger partial charge is 0.426 e. The minimum absolute atomic E-state index is 0.0146. The molecule has 0 bridgehead atoms. The predicted octanol–water partition coefficient (Wildman–Crippen LogP) is 4.61. The average molecular weight is 649 g/mol. The second-order valence-electron chi connectivity index (χ2n) is 12.0. The van der Waals surface area contributed by atoms with Crippen LogP contribution in [0.4, 0.5) is 22.0 Å². The van der Waals surface area contributed by atoms with Gasteiger partial charge in [-0.15, -0.1) is 0 Å². The van der Waals surface area contributed by atoms with Crippen LogP contribution in [0.1, 0.15) is 49.3 Å². The number of carbonyl (C=O) groups excluding carboxylic acids is 1. The van der Waals surface area contributed by atoms with Gasteiger partial charge in [0.15, 0.2) is 9.84 Å². The fourth-order valence-electron chi connectivity index (χ4n) is 7.09. The van der Waals surface area contributed by atoms with Crippen molar-refractivity contribution in [2.45, 2.75) is 60.5 Å². The van der Waals surface area contributed by atoms with Crippen LogP contribution in [-0.2, 0) is 41.5 Å². The standard InChI is InChI=1S/C29H33F5N2O5S2/c1-27(31,29(32,33)34)20-4-10-24-19(15-20)3-9-25-23(26(37)35-16-18-12-14-36(17-18)42(2,38)39)11-13-28(24,25)43(40,41)22-7-5-21(30)6-8-22/h4-8,10,15,18,23,25H,3,9,11-14,16-17H2,1-2H3,(H,35,37)/t18?,23-,25+,27?,28-/m1/s1. The second-order valence-corrected chi connectivity index (χ2v) is 16.2.